The Morgan fingerprint density at radius 3 is 2.64 bits per heavy atom. The van der Waals surface area contributed by atoms with Crippen LogP contribution in [0.25, 0.3) is 0 Å². The lowest BCUT2D eigenvalue weighted by molar-refractivity contribution is 0.205. The van der Waals surface area contributed by atoms with Crippen LogP contribution in [-0.4, -0.2) is 47.1 Å². The summed E-state index contributed by atoms with van der Waals surface area (Å²) in [7, 11) is 0. The van der Waals surface area contributed by atoms with E-state index in [0.717, 1.165) is 68.9 Å². The number of nitrogens with zero attached hydrogens (tertiary/aromatic N) is 4. The summed E-state index contributed by atoms with van der Waals surface area (Å²) >= 11 is 0. The first-order valence-corrected chi connectivity index (χ1v) is 10.2. The summed E-state index contributed by atoms with van der Waals surface area (Å²) in [4.78, 5) is 24.6. The van der Waals surface area contributed by atoms with Gasteiger partial charge in [0.1, 0.15) is 11.9 Å². The SMILES string of the molecule is CCc1ccc(C2CCN(C3CCN(c4ccc(C#N)cn4)CC3)C2)[nH]c1=O. The van der Waals surface area contributed by atoms with Crippen LogP contribution in [0.5, 0.6) is 0 Å². The number of piperidine rings is 1. The van der Waals surface area contributed by atoms with Crippen LogP contribution >= 0.6 is 0 Å². The van der Waals surface area contributed by atoms with Gasteiger partial charge in [-0.2, -0.15) is 5.26 Å². The molecule has 2 aliphatic heterocycles. The van der Waals surface area contributed by atoms with E-state index in [9.17, 15) is 4.79 Å². The number of aryl methyl sites for hydroxylation is 1. The van der Waals surface area contributed by atoms with Gasteiger partial charge in [-0.05, 0) is 50.4 Å². The number of hydrogen-bond donors (Lipinski definition) is 1. The van der Waals surface area contributed by atoms with Crippen LogP contribution in [-0.2, 0) is 6.42 Å². The van der Waals surface area contributed by atoms with E-state index in [2.05, 4.69) is 31.9 Å². The Kier molecular flexibility index (Phi) is 5.45. The molecule has 0 amide bonds. The third-order valence-electron chi connectivity index (χ3n) is 6.24. The van der Waals surface area contributed by atoms with Gasteiger partial charge < -0.3 is 9.88 Å². The van der Waals surface area contributed by atoms with Crippen LogP contribution in [0.2, 0.25) is 0 Å². The van der Waals surface area contributed by atoms with Crippen molar-refractivity contribution in [2.75, 3.05) is 31.1 Å². The molecule has 0 radical (unpaired) electrons. The van der Waals surface area contributed by atoms with Gasteiger partial charge in [-0.1, -0.05) is 13.0 Å². The monoisotopic (exact) mass is 377 g/mol. The zero-order chi connectivity index (χ0) is 19.5. The molecule has 6 nitrogen and oxygen atoms in total. The highest BCUT2D eigenvalue weighted by Crippen LogP contribution is 2.30. The number of aromatic amines is 1. The van der Waals surface area contributed by atoms with Gasteiger partial charge in [0.15, 0.2) is 0 Å². The summed E-state index contributed by atoms with van der Waals surface area (Å²) in [6.45, 7) is 6.13. The zero-order valence-electron chi connectivity index (χ0n) is 16.4. The lowest BCUT2D eigenvalue weighted by Gasteiger charge is -2.37. The number of likely N-dealkylation sites (tertiary alicyclic amines) is 1. The van der Waals surface area contributed by atoms with Crippen LogP contribution < -0.4 is 10.5 Å². The number of anilines is 1. The molecule has 0 spiro atoms. The second kappa shape index (κ2) is 8.15. The fourth-order valence-corrected chi connectivity index (χ4v) is 4.51. The molecule has 1 N–H and O–H groups in total. The Morgan fingerprint density at radius 1 is 1.18 bits per heavy atom. The largest absolute Gasteiger partial charge is 0.357 e. The summed E-state index contributed by atoms with van der Waals surface area (Å²) in [6.07, 6.45) is 5.79. The summed E-state index contributed by atoms with van der Waals surface area (Å²) in [5.74, 6) is 1.39. The highest BCUT2D eigenvalue weighted by atomic mass is 16.1. The van der Waals surface area contributed by atoms with E-state index in [1.807, 2.05) is 25.1 Å². The maximum atomic E-state index is 12.1. The summed E-state index contributed by atoms with van der Waals surface area (Å²) < 4.78 is 0. The van der Waals surface area contributed by atoms with Crippen molar-refractivity contribution < 1.29 is 0 Å². The molecule has 2 aromatic heterocycles. The maximum absolute atomic E-state index is 12.1. The molecule has 1 atom stereocenters. The quantitative estimate of drug-likeness (QED) is 0.886. The van der Waals surface area contributed by atoms with E-state index < -0.39 is 0 Å². The Hall–Kier alpha value is -2.65. The standard InChI is InChI=1S/C22H27N5O/c1-2-17-4-5-20(25-22(17)28)18-7-10-27(15-18)19-8-11-26(12-9-19)21-6-3-16(13-23)14-24-21/h3-6,14,18-19H,2,7-12,15H2,1H3,(H,25,28). The molecule has 6 heteroatoms. The van der Waals surface area contributed by atoms with Crippen molar-refractivity contribution in [1.29, 1.82) is 5.26 Å². The van der Waals surface area contributed by atoms with Gasteiger partial charge in [-0.15, -0.1) is 0 Å². The van der Waals surface area contributed by atoms with Crippen molar-refractivity contribution in [2.45, 2.75) is 44.6 Å². The first-order valence-electron chi connectivity index (χ1n) is 10.2. The van der Waals surface area contributed by atoms with Gasteiger partial charge >= 0.3 is 0 Å². The average molecular weight is 377 g/mol. The minimum absolute atomic E-state index is 0.0710. The molecule has 2 aliphatic rings. The number of rotatable bonds is 4. The molecule has 146 valence electrons. The molecule has 0 bridgehead atoms. The topological polar surface area (TPSA) is 76.0 Å². The molecule has 1 unspecified atom stereocenters. The van der Waals surface area contributed by atoms with E-state index >= 15 is 0 Å². The van der Waals surface area contributed by atoms with Gasteiger partial charge in [-0.3, -0.25) is 9.69 Å². The van der Waals surface area contributed by atoms with E-state index in [0.29, 0.717) is 17.5 Å². The lowest BCUT2D eigenvalue weighted by Crippen LogP contribution is -2.44. The lowest BCUT2D eigenvalue weighted by atomic mass is 10.0. The second-order valence-electron chi connectivity index (χ2n) is 7.84. The van der Waals surface area contributed by atoms with Crippen molar-refractivity contribution in [3.63, 3.8) is 0 Å². The molecule has 2 aromatic rings. The molecule has 0 aliphatic carbocycles. The van der Waals surface area contributed by atoms with Crippen molar-refractivity contribution in [1.82, 2.24) is 14.9 Å². The van der Waals surface area contributed by atoms with E-state index in [1.165, 1.54) is 0 Å². The molecule has 28 heavy (non-hydrogen) atoms. The number of nitrogens with one attached hydrogen (secondary N) is 1. The molecular formula is C22H27N5O. The minimum atomic E-state index is 0.0710. The molecule has 2 saturated heterocycles. The molecule has 0 aromatic carbocycles. The fraction of sp³-hybridized carbons (Fsp3) is 0.500. The second-order valence-corrected chi connectivity index (χ2v) is 7.84. The average Bonchev–Trinajstić information content (AvgIpc) is 3.24. The van der Waals surface area contributed by atoms with Crippen molar-refractivity contribution in [2.24, 2.45) is 0 Å². The van der Waals surface area contributed by atoms with Crippen LogP contribution in [0.1, 0.15) is 48.9 Å². The zero-order valence-corrected chi connectivity index (χ0v) is 16.4. The Balaban J connectivity index is 1.33. The third kappa shape index (κ3) is 3.81. The van der Waals surface area contributed by atoms with E-state index in [-0.39, 0.29) is 5.56 Å². The molecule has 0 saturated carbocycles. The van der Waals surface area contributed by atoms with Gasteiger partial charge in [0.2, 0.25) is 0 Å². The highest BCUT2D eigenvalue weighted by molar-refractivity contribution is 5.42. The summed E-state index contributed by atoms with van der Waals surface area (Å²) in [6, 6.07) is 10.6. The van der Waals surface area contributed by atoms with E-state index in [1.54, 1.807) is 6.20 Å². The Morgan fingerprint density at radius 2 is 2.00 bits per heavy atom. The highest BCUT2D eigenvalue weighted by Gasteiger charge is 2.32. The number of H-pyrrole nitrogens is 1. The smallest absolute Gasteiger partial charge is 0.251 e. The first kappa shape index (κ1) is 18.7. The summed E-state index contributed by atoms with van der Waals surface area (Å²) in [5.41, 5.74) is 2.62. The van der Waals surface area contributed by atoms with Gasteiger partial charge in [-0.25, -0.2) is 4.98 Å². The molecule has 4 rings (SSSR count). The van der Waals surface area contributed by atoms with E-state index in [4.69, 9.17) is 5.26 Å². The van der Waals surface area contributed by atoms with Crippen LogP contribution in [0.15, 0.2) is 35.3 Å². The Bertz CT molecular complexity index is 906. The van der Waals surface area contributed by atoms with Crippen LogP contribution in [0.4, 0.5) is 5.82 Å². The van der Waals surface area contributed by atoms with Crippen LogP contribution in [0.3, 0.4) is 0 Å². The predicted octanol–water partition coefficient (Wildman–Crippen LogP) is 2.66. The van der Waals surface area contributed by atoms with Crippen LogP contribution in [0, 0.1) is 11.3 Å². The molecular weight excluding hydrogens is 350 g/mol. The number of aromatic nitrogens is 2. The summed E-state index contributed by atoms with van der Waals surface area (Å²) in [5, 5.41) is 8.91. The number of nitriles is 1. The van der Waals surface area contributed by atoms with Gasteiger partial charge in [0, 0.05) is 49.0 Å². The minimum Gasteiger partial charge on any atom is -0.357 e. The van der Waals surface area contributed by atoms with Gasteiger partial charge in [0.05, 0.1) is 5.56 Å². The van der Waals surface area contributed by atoms with Gasteiger partial charge in [0.25, 0.3) is 5.56 Å². The molecule has 4 heterocycles. The Labute approximate surface area is 165 Å². The third-order valence-corrected chi connectivity index (χ3v) is 6.24. The fourth-order valence-electron chi connectivity index (χ4n) is 4.51. The predicted molar refractivity (Wildman–Crippen MR) is 110 cm³/mol. The van der Waals surface area contributed by atoms with Crippen molar-refractivity contribution >= 4 is 5.82 Å². The normalized spacial score (nSPS) is 21.0. The van der Waals surface area contributed by atoms with Crippen molar-refractivity contribution in [3.05, 3.63) is 57.6 Å². The van der Waals surface area contributed by atoms with Crippen molar-refractivity contribution in [3.8, 4) is 6.07 Å². The number of pyridine rings is 2. The number of hydrogen-bond acceptors (Lipinski definition) is 5. The maximum Gasteiger partial charge on any atom is 0.251 e. The molecule has 2 fully saturated rings. The first-order chi connectivity index (χ1) is 13.7.